The van der Waals surface area contributed by atoms with Crippen LogP contribution in [0.5, 0.6) is 0 Å². The number of rotatable bonds is 7. The van der Waals surface area contributed by atoms with Crippen molar-refractivity contribution >= 4 is 0 Å². The van der Waals surface area contributed by atoms with E-state index in [0.29, 0.717) is 6.04 Å². The average Bonchev–Trinajstić information content (AvgIpc) is 2.16. The fourth-order valence-electron chi connectivity index (χ4n) is 2.49. The molecule has 3 N–H and O–H groups in total. The molecule has 2 unspecified atom stereocenters. The van der Waals surface area contributed by atoms with Gasteiger partial charge in [-0.25, -0.2) is 0 Å². The first-order valence-electron chi connectivity index (χ1n) is 6.48. The van der Waals surface area contributed by atoms with Crippen LogP contribution in [0.1, 0.15) is 47.5 Å². The van der Waals surface area contributed by atoms with Crippen LogP contribution in [-0.4, -0.2) is 41.8 Å². The molecule has 0 aliphatic carbocycles. The molecule has 0 aliphatic heterocycles. The molecule has 0 aromatic heterocycles. The van der Waals surface area contributed by atoms with Gasteiger partial charge in [0.25, 0.3) is 0 Å². The second-order valence-electron chi connectivity index (χ2n) is 5.64. The fourth-order valence-corrected chi connectivity index (χ4v) is 2.49. The Morgan fingerprint density at radius 3 is 2.06 bits per heavy atom. The van der Waals surface area contributed by atoms with E-state index in [-0.39, 0.29) is 18.1 Å². The maximum absolute atomic E-state index is 9.15. The summed E-state index contributed by atoms with van der Waals surface area (Å²) in [6.45, 7) is 12.9. The molecule has 0 aromatic carbocycles. The van der Waals surface area contributed by atoms with Crippen molar-refractivity contribution < 1.29 is 5.11 Å². The van der Waals surface area contributed by atoms with Crippen LogP contribution in [0.2, 0.25) is 0 Å². The third-order valence-electron chi connectivity index (χ3n) is 3.06. The van der Waals surface area contributed by atoms with Crippen molar-refractivity contribution in [2.45, 2.75) is 59.5 Å². The summed E-state index contributed by atoms with van der Waals surface area (Å²) in [6, 6.07) is 0.516. The molecule has 0 amide bonds. The van der Waals surface area contributed by atoms with Gasteiger partial charge in [-0.3, -0.25) is 4.90 Å². The Morgan fingerprint density at radius 1 is 1.19 bits per heavy atom. The molecule has 2 atom stereocenters. The van der Waals surface area contributed by atoms with Gasteiger partial charge in [0.2, 0.25) is 0 Å². The Hall–Kier alpha value is -0.120. The lowest BCUT2D eigenvalue weighted by Crippen LogP contribution is -2.55. The van der Waals surface area contributed by atoms with Crippen molar-refractivity contribution in [1.82, 2.24) is 4.90 Å². The first kappa shape index (κ1) is 15.9. The highest BCUT2D eigenvalue weighted by molar-refractivity contribution is 4.90. The molecule has 0 spiro atoms. The Morgan fingerprint density at radius 2 is 1.75 bits per heavy atom. The summed E-state index contributed by atoms with van der Waals surface area (Å²) in [5.74, 6) is 0. The van der Waals surface area contributed by atoms with Gasteiger partial charge in [-0.2, -0.15) is 0 Å². The molecule has 3 nitrogen and oxygen atoms in total. The van der Waals surface area contributed by atoms with Crippen molar-refractivity contribution in [2.75, 3.05) is 19.7 Å². The predicted octanol–water partition coefficient (Wildman–Crippen LogP) is 1.84. The van der Waals surface area contributed by atoms with Crippen molar-refractivity contribution in [3.8, 4) is 0 Å². The second kappa shape index (κ2) is 7.25. The van der Waals surface area contributed by atoms with Crippen LogP contribution in [0.4, 0.5) is 0 Å². The highest BCUT2D eigenvalue weighted by Crippen LogP contribution is 2.27. The van der Waals surface area contributed by atoms with Gasteiger partial charge < -0.3 is 10.8 Å². The molecule has 0 heterocycles. The lowest BCUT2D eigenvalue weighted by molar-refractivity contribution is 0.0604. The normalized spacial score (nSPS) is 16.5. The minimum atomic E-state index is 0.153. The molecule has 0 bridgehead atoms. The molecule has 3 heteroatoms. The van der Waals surface area contributed by atoms with Gasteiger partial charge in [0.05, 0.1) is 6.61 Å². The van der Waals surface area contributed by atoms with E-state index in [4.69, 9.17) is 10.8 Å². The molecule has 0 rings (SSSR count). The zero-order valence-corrected chi connectivity index (χ0v) is 11.7. The summed E-state index contributed by atoms with van der Waals surface area (Å²) < 4.78 is 0. The van der Waals surface area contributed by atoms with Crippen LogP contribution >= 0.6 is 0 Å². The third kappa shape index (κ3) is 4.81. The molecular weight excluding hydrogens is 200 g/mol. The number of hydrogen-bond acceptors (Lipinski definition) is 3. The average molecular weight is 230 g/mol. The fraction of sp³-hybridized carbons (Fsp3) is 1.00. The number of nitrogens with two attached hydrogens (primary N) is 1. The summed E-state index contributed by atoms with van der Waals surface area (Å²) in [7, 11) is 0. The number of aliphatic hydroxyl groups excluding tert-OH is 1. The monoisotopic (exact) mass is 230 g/mol. The van der Waals surface area contributed by atoms with Gasteiger partial charge in [-0.05, 0) is 24.8 Å². The lowest BCUT2D eigenvalue weighted by Gasteiger charge is -2.43. The highest BCUT2D eigenvalue weighted by Gasteiger charge is 2.33. The van der Waals surface area contributed by atoms with Crippen LogP contribution in [-0.2, 0) is 0 Å². The lowest BCUT2D eigenvalue weighted by atomic mass is 9.80. The van der Waals surface area contributed by atoms with E-state index in [1.807, 2.05) is 0 Å². The SMILES string of the molecule is CCCN(CCO)C(C(N)CC)C(C)(C)C. The standard InChI is InChI=1S/C13H30N2O/c1-6-8-15(9-10-16)12(11(14)7-2)13(3,4)5/h11-12,16H,6-10,14H2,1-5H3. The van der Waals surface area contributed by atoms with Crippen molar-refractivity contribution in [3.63, 3.8) is 0 Å². The third-order valence-corrected chi connectivity index (χ3v) is 3.06. The summed E-state index contributed by atoms with van der Waals surface area (Å²) in [4.78, 5) is 2.34. The maximum atomic E-state index is 9.15. The van der Waals surface area contributed by atoms with Gasteiger partial charge in [0.1, 0.15) is 0 Å². The number of aliphatic hydroxyl groups is 1. The Balaban J connectivity index is 4.80. The Labute approximate surface area is 101 Å². The second-order valence-corrected chi connectivity index (χ2v) is 5.64. The Bertz CT molecular complexity index is 171. The molecule has 0 aliphatic rings. The molecular formula is C13H30N2O. The zero-order valence-electron chi connectivity index (χ0n) is 11.7. The first-order valence-corrected chi connectivity index (χ1v) is 6.48. The van der Waals surface area contributed by atoms with E-state index in [9.17, 15) is 0 Å². The summed E-state index contributed by atoms with van der Waals surface area (Å²) >= 11 is 0. The van der Waals surface area contributed by atoms with Crippen molar-refractivity contribution in [1.29, 1.82) is 0 Å². The molecule has 0 aromatic rings. The van der Waals surface area contributed by atoms with Crippen molar-refractivity contribution in [2.24, 2.45) is 11.1 Å². The molecule has 0 saturated carbocycles. The van der Waals surface area contributed by atoms with Crippen LogP contribution < -0.4 is 5.73 Å². The largest absolute Gasteiger partial charge is 0.395 e. The predicted molar refractivity (Wildman–Crippen MR) is 70.5 cm³/mol. The zero-order chi connectivity index (χ0) is 12.8. The molecule has 0 radical (unpaired) electrons. The van der Waals surface area contributed by atoms with Gasteiger partial charge in [0.15, 0.2) is 0 Å². The molecule has 0 fully saturated rings. The molecule has 0 saturated heterocycles. The first-order chi connectivity index (χ1) is 7.38. The minimum Gasteiger partial charge on any atom is -0.395 e. The summed E-state index contributed by atoms with van der Waals surface area (Å²) in [5, 5.41) is 9.15. The van der Waals surface area contributed by atoms with Crippen LogP contribution in [0, 0.1) is 5.41 Å². The van der Waals surface area contributed by atoms with E-state index in [0.717, 1.165) is 25.9 Å². The van der Waals surface area contributed by atoms with Gasteiger partial charge in [-0.15, -0.1) is 0 Å². The van der Waals surface area contributed by atoms with E-state index in [1.165, 1.54) is 0 Å². The number of hydrogen-bond donors (Lipinski definition) is 2. The van der Waals surface area contributed by atoms with E-state index < -0.39 is 0 Å². The quantitative estimate of drug-likeness (QED) is 0.701. The van der Waals surface area contributed by atoms with E-state index in [1.54, 1.807) is 0 Å². The smallest absolute Gasteiger partial charge is 0.0558 e. The summed E-state index contributed by atoms with van der Waals surface area (Å²) in [5.41, 5.74) is 6.39. The minimum absolute atomic E-state index is 0.153. The molecule has 98 valence electrons. The molecule has 16 heavy (non-hydrogen) atoms. The summed E-state index contributed by atoms with van der Waals surface area (Å²) in [6.07, 6.45) is 2.08. The van der Waals surface area contributed by atoms with Crippen LogP contribution in [0.15, 0.2) is 0 Å². The van der Waals surface area contributed by atoms with E-state index >= 15 is 0 Å². The Kier molecular flexibility index (Phi) is 7.20. The number of nitrogens with zero attached hydrogens (tertiary/aromatic N) is 1. The van der Waals surface area contributed by atoms with E-state index in [2.05, 4.69) is 39.5 Å². The van der Waals surface area contributed by atoms with Gasteiger partial charge in [-0.1, -0.05) is 34.6 Å². The highest BCUT2D eigenvalue weighted by atomic mass is 16.3. The van der Waals surface area contributed by atoms with Gasteiger partial charge in [0, 0.05) is 18.6 Å². The van der Waals surface area contributed by atoms with Crippen molar-refractivity contribution in [3.05, 3.63) is 0 Å². The van der Waals surface area contributed by atoms with Gasteiger partial charge >= 0.3 is 0 Å². The topological polar surface area (TPSA) is 49.5 Å². The van der Waals surface area contributed by atoms with Crippen LogP contribution in [0.25, 0.3) is 0 Å². The maximum Gasteiger partial charge on any atom is 0.0558 e. The van der Waals surface area contributed by atoms with Crippen LogP contribution in [0.3, 0.4) is 0 Å².